The maximum atomic E-state index is 9.61. The summed E-state index contributed by atoms with van der Waals surface area (Å²) in [5.74, 6) is 0.266. The Balaban J connectivity index is 2.05. The lowest BCUT2D eigenvalue weighted by atomic mass is 10.2. The minimum absolute atomic E-state index is 0.266. The summed E-state index contributed by atoms with van der Waals surface area (Å²) < 4.78 is 2.02. The monoisotopic (exact) mass is 231 g/mol. The van der Waals surface area contributed by atoms with Gasteiger partial charge in [0, 0.05) is 32.0 Å². The summed E-state index contributed by atoms with van der Waals surface area (Å²) in [7, 11) is 1.98. The molecule has 0 aliphatic rings. The van der Waals surface area contributed by atoms with Gasteiger partial charge in [-0.05, 0) is 23.8 Å². The highest BCUT2D eigenvalue weighted by atomic mass is 16.3. The SMILES string of the molecule is Cn1cc(CNc2ccccc2O)cc1CN. The first-order valence-electron chi connectivity index (χ1n) is 5.56. The molecule has 0 fully saturated rings. The van der Waals surface area contributed by atoms with Gasteiger partial charge < -0.3 is 20.7 Å². The van der Waals surface area contributed by atoms with Crippen molar-refractivity contribution >= 4 is 5.69 Å². The fourth-order valence-electron chi connectivity index (χ4n) is 1.80. The number of nitrogens with one attached hydrogen (secondary N) is 1. The predicted molar refractivity (Wildman–Crippen MR) is 68.7 cm³/mol. The molecule has 0 aliphatic carbocycles. The molecule has 0 saturated carbocycles. The first-order valence-corrected chi connectivity index (χ1v) is 5.56. The molecule has 1 aromatic heterocycles. The second-order valence-corrected chi connectivity index (χ2v) is 4.03. The van der Waals surface area contributed by atoms with Crippen LogP contribution in [0.25, 0.3) is 0 Å². The van der Waals surface area contributed by atoms with Crippen LogP contribution in [0.15, 0.2) is 36.5 Å². The third-order valence-corrected chi connectivity index (χ3v) is 2.76. The Morgan fingerprint density at radius 3 is 2.76 bits per heavy atom. The highest BCUT2D eigenvalue weighted by molar-refractivity contribution is 5.55. The second-order valence-electron chi connectivity index (χ2n) is 4.03. The summed E-state index contributed by atoms with van der Waals surface area (Å²) >= 11 is 0. The molecule has 0 aliphatic heterocycles. The molecule has 4 nitrogen and oxygen atoms in total. The highest BCUT2D eigenvalue weighted by Gasteiger charge is 2.03. The second kappa shape index (κ2) is 4.93. The van der Waals surface area contributed by atoms with E-state index >= 15 is 0 Å². The van der Waals surface area contributed by atoms with Crippen LogP contribution in [0, 0.1) is 0 Å². The van der Waals surface area contributed by atoms with E-state index in [4.69, 9.17) is 5.73 Å². The first kappa shape index (κ1) is 11.5. The lowest BCUT2D eigenvalue weighted by Crippen LogP contribution is -2.01. The molecule has 0 saturated heterocycles. The first-order chi connectivity index (χ1) is 8.20. The van der Waals surface area contributed by atoms with E-state index in [1.807, 2.05) is 29.9 Å². The average molecular weight is 231 g/mol. The van der Waals surface area contributed by atoms with Crippen LogP contribution in [-0.4, -0.2) is 9.67 Å². The van der Waals surface area contributed by atoms with Crippen LogP contribution in [0.2, 0.25) is 0 Å². The van der Waals surface area contributed by atoms with E-state index in [0.717, 1.165) is 16.9 Å². The Kier molecular flexibility index (Phi) is 3.35. The molecule has 2 aromatic rings. The number of benzene rings is 1. The Hall–Kier alpha value is -1.94. The van der Waals surface area contributed by atoms with Crippen LogP contribution in [-0.2, 0) is 20.1 Å². The fourth-order valence-corrected chi connectivity index (χ4v) is 1.80. The topological polar surface area (TPSA) is 63.2 Å². The molecular weight excluding hydrogens is 214 g/mol. The van der Waals surface area contributed by atoms with Gasteiger partial charge in [-0.15, -0.1) is 0 Å². The average Bonchev–Trinajstić information content (AvgIpc) is 2.69. The van der Waals surface area contributed by atoms with Crippen molar-refractivity contribution < 1.29 is 5.11 Å². The lowest BCUT2D eigenvalue weighted by Gasteiger charge is -2.06. The van der Waals surface area contributed by atoms with Gasteiger partial charge in [0.2, 0.25) is 0 Å². The van der Waals surface area contributed by atoms with E-state index in [1.165, 1.54) is 0 Å². The number of aromatic hydroxyl groups is 1. The number of para-hydroxylation sites is 2. The predicted octanol–water partition coefficient (Wildman–Crippen LogP) is 1.80. The summed E-state index contributed by atoms with van der Waals surface area (Å²) in [6.45, 7) is 1.21. The van der Waals surface area contributed by atoms with Crippen molar-refractivity contribution in [2.24, 2.45) is 12.8 Å². The summed E-state index contributed by atoms with van der Waals surface area (Å²) in [6.07, 6.45) is 2.04. The summed E-state index contributed by atoms with van der Waals surface area (Å²) in [4.78, 5) is 0. The van der Waals surface area contributed by atoms with Gasteiger partial charge >= 0.3 is 0 Å². The van der Waals surface area contributed by atoms with Crippen molar-refractivity contribution in [3.05, 3.63) is 47.8 Å². The minimum Gasteiger partial charge on any atom is -0.506 e. The quantitative estimate of drug-likeness (QED) is 0.703. The molecule has 0 amide bonds. The molecule has 0 radical (unpaired) electrons. The fraction of sp³-hybridized carbons (Fsp3) is 0.231. The van der Waals surface area contributed by atoms with E-state index in [1.54, 1.807) is 12.1 Å². The normalized spacial score (nSPS) is 10.5. The van der Waals surface area contributed by atoms with Gasteiger partial charge in [-0.1, -0.05) is 12.1 Å². The van der Waals surface area contributed by atoms with E-state index in [2.05, 4.69) is 11.4 Å². The van der Waals surface area contributed by atoms with Crippen LogP contribution < -0.4 is 11.1 Å². The van der Waals surface area contributed by atoms with Gasteiger partial charge in [-0.3, -0.25) is 0 Å². The number of hydrogen-bond donors (Lipinski definition) is 3. The van der Waals surface area contributed by atoms with Crippen molar-refractivity contribution in [2.45, 2.75) is 13.1 Å². The van der Waals surface area contributed by atoms with Gasteiger partial charge in [0.25, 0.3) is 0 Å². The molecule has 2 rings (SSSR count). The van der Waals surface area contributed by atoms with Gasteiger partial charge in [0.1, 0.15) is 5.75 Å². The Morgan fingerprint density at radius 2 is 2.12 bits per heavy atom. The third kappa shape index (κ3) is 2.60. The number of phenols is 1. The van der Waals surface area contributed by atoms with Gasteiger partial charge in [0.15, 0.2) is 0 Å². The van der Waals surface area contributed by atoms with E-state index in [9.17, 15) is 5.11 Å². The summed E-state index contributed by atoms with van der Waals surface area (Å²) in [5, 5.41) is 12.8. The largest absolute Gasteiger partial charge is 0.506 e. The van der Waals surface area contributed by atoms with Gasteiger partial charge in [-0.25, -0.2) is 0 Å². The molecule has 1 aromatic carbocycles. The van der Waals surface area contributed by atoms with Crippen LogP contribution in [0.1, 0.15) is 11.3 Å². The zero-order chi connectivity index (χ0) is 12.3. The van der Waals surface area contributed by atoms with Crippen molar-refractivity contribution in [3.8, 4) is 5.75 Å². The number of hydrogen-bond acceptors (Lipinski definition) is 3. The molecule has 4 heteroatoms. The Morgan fingerprint density at radius 1 is 1.35 bits per heavy atom. The molecule has 0 spiro atoms. The maximum absolute atomic E-state index is 9.61. The number of aryl methyl sites for hydroxylation is 1. The van der Waals surface area contributed by atoms with Crippen molar-refractivity contribution in [3.63, 3.8) is 0 Å². The van der Waals surface area contributed by atoms with Crippen LogP contribution in [0.4, 0.5) is 5.69 Å². The molecule has 90 valence electrons. The van der Waals surface area contributed by atoms with Crippen LogP contribution >= 0.6 is 0 Å². The minimum atomic E-state index is 0.266. The number of rotatable bonds is 4. The molecule has 0 atom stereocenters. The van der Waals surface area contributed by atoms with E-state index in [-0.39, 0.29) is 5.75 Å². The molecule has 4 N–H and O–H groups in total. The van der Waals surface area contributed by atoms with Crippen molar-refractivity contribution in [1.82, 2.24) is 4.57 Å². The van der Waals surface area contributed by atoms with E-state index < -0.39 is 0 Å². The van der Waals surface area contributed by atoms with Crippen molar-refractivity contribution in [1.29, 1.82) is 0 Å². The molecular formula is C13H17N3O. The standard InChI is InChI=1S/C13H17N3O/c1-16-9-10(6-11(16)7-14)8-15-12-4-2-3-5-13(12)17/h2-6,9,15,17H,7-8,14H2,1H3. The van der Waals surface area contributed by atoms with E-state index in [0.29, 0.717) is 13.1 Å². The maximum Gasteiger partial charge on any atom is 0.138 e. The highest BCUT2D eigenvalue weighted by Crippen LogP contribution is 2.22. The molecule has 17 heavy (non-hydrogen) atoms. The Labute approximate surface area is 101 Å². The smallest absolute Gasteiger partial charge is 0.138 e. The Bertz CT molecular complexity index is 505. The third-order valence-electron chi connectivity index (χ3n) is 2.76. The van der Waals surface area contributed by atoms with Crippen molar-refractivity contribution in [2.75, 3.05) is 5.32 Å². The number of nitrogens with zero attached hydrogens (tertiary/aromatic N) is 1. The number of aromatic nitrogens is 1. The number of nitrogens with two attached hydrogens (primary N) is 1. The number of anilines is 1. The number of phenolic OH excluding ortho intramolecular Hbond substituents is 1. The zero-order valence-electron chi connectivity index (χ0n) is 9.85. The summed E-state index contributed by atoms with van der Waals surface area (Å²) in [6, 6.07) is 9.27. The van der Waals surface area contributed by atoms with Gasteiger partial charge in [0.05, 0.1) is 5.69 Å². The zero-order valence-corrected chi connectivity index (χ0v) is 9.85. The summed E-state index contributed by atoms with van der Waals surface area (Å²) in [5.41, 5.74) is 8.60. The van der Waals surface area contributed by atoms with Gasteiger partial charge in [-0.2, -0.15) is 0 Å². The molecule has 0 unspecified atom stereocenters. The molecule has 0 bridgehead atoms. The molecule has 1 heterocycles. The lowest BCUT2D eigenvalue weighted by molar-refractivity contribution is 0.477. The van der Waals surface area contributed by atoms with Crippen LogP contribution in [0.3, 0.4) is 0 Å². The van der Waals surface area contributed by atoms with Crippen LogP contribution in [0.5, 0.6) is 5.75 Å².